The Hall–Kier alpha value is -1.59. The second-order valence-corrected chi connectivity index (χ2v) is 6.56. The first-order valence-corrected chi connectivity index (χ1v) is 8.48. The molecule has 2 saturated heterocycles. The zero-order chi connectivity index (χ0) is 16.2. The molecule has 24 heavy (non-hydrogen) atoms. The highest BCUT2D eigenvalue weighted by molar-refractivity contribution is 5.85. The minimum atomic E-state index is -0.179. The van der Waals surface area contributed by atoms with Crippen LogP contribution in [-0.2, 0) is 9.59 Å². The topological polar surface area (TPSA) is 61.4 Å². The van der Waals surface area contributed by atoms with Gasteiger partial charge in [0.25, 0.3) is 0 Å². The molecule has 2 fully saturated rings. The number of nitrogens with zero attached hydrogens (tertiary/aromatic N) is 1. The van der Waals surface area contributed by atoms with Gasteiger partial charge < -0.3 is 15.5 Å². The number of hydrogen-bond donors (Lipinski definition) is 2. The average molecular weight is 352 g/mol. The van der Waals surface area contributed by atoms with E-state index in [1.54, 1.807) is 4.90 Å². The lowest BCUT2D eigenvalue weighted by atomic mass is 9.83. The zero-order valence-electron chi connectivity index (χ0n) is 14.0. The van der Waals surface area contributed by atoms with Crippen LogP contribution in [0.5, 0.6) is 0 Å². The third-order valence-electron chi connectivity index (χ3n) is 4.98. The van der Waals surface area contributed by atoms with Crippen LogP contribution in [0.4, 0.5) is 0 Å². The second-order valence-electron chi connectivity index (χ2n) is 6.56. The van der Waals surface area contributed by atoms with E-state index in [4.69, 9.17) is 0 Å². The number of piperidine rings is 2. The number of likely N-dealkylation sites (tertiary alicyclic amines) is 1. The Morgan fingerprint density at radius 1 is 1.25 bits per heavy atom. The summed E-state index contributed by atoms with van der Waals surface area (Å²) in [6, 6.07) is 9.91. The van der Waals surface area contributed by atoms with E-state index >= 15 is 0 Å². The van der Waals surface area contributed by atoms with Crippen molar-refractivity contribution in [2.24, 2.45) is 5.92 Å². The van der Waals surface area contributed by atoms with E-state index in [1.165, 1.54) is 0 Å². The van der Waals surface area contributed by atoms with E-state index in [0.29, 0.717) is 12.8 Å². The fourth-order valence-electron chi connectivity index (χ4n) is 3.70. The molecule has 2 aliphatic rings. The number of amides is 2. The molecular formula is C18H26ClN3O2. The lowest BCUT2D eigenvalue weighted by Crippen LogP contribution is -2.51. The average Bonchev–Trinajstić information content (AvgIpc) is 2.58. The van der Waals surface area contributed by atoms with Gasteiger partial charge in [0.15, 0.2) is 0 Å². The van der Waals surface area contributed by atoms with Crippen molar-refractivity contribution in [3.8, 4) is 0 Å². The Bertz CT molecular complexity index is 561. The Morgan fingerprint density at radius 2 is 2.00 bits per heavy atom. The second kappa shape index (κ2) is 8.49. The van der Waals surface area contributed by atoms with E-state index in [9.17, 15) is 9.59 Å². The van der Waals surface area contributed by atoms with Gasteiger partial charge in [-0.05, 0) is 31.4 Å². The Labute approximate surface area is 149 Å². The van der Waals surface area contributed by atoms with Crippen LogP contribution in [0.25, 0.3) is 0 Å². The summed E-state index contributed by atoms with van der Waals surface area (Å²) in [7, 11) is 1.81. The minimum absolute atomic E-state index is 0. The molecule has 2 heterocycles. The highest BCUT2D eigenvalue weighted by Crippen LogP contribution is 2.35. The Kier molecular flexibility index (Phi) is 6.63. The van der Waals surface area contributed by atoms with Crippen LogP contribution >= 0.6 is 12.4 Å². The number of carbonyl (C=O) groups is 2. The van der Waals surface area contributed by atoms with Crippen LogP contribution in [-0.4, -0.2) is 42.9 Å². The van der Waals surface area contributed by atoms with Crippen LogP contribution in [0, 0.1) is 5.92 Å². The van der Waals surface area contributed by atoms with Gasteiger partial charge in [0.05, 0.1) is 12.0 Å². The van der Waals surface area contributed by atoms with Crippen molar-refractivity contribution >= 4 is 24.2 Å². The molecule has 6 heteroatoms. The molecule has 3 unspecified atom stereocenters. The quantitative estimate of drug-likeness (QED) is 0.874. The summed E-state index contributed by atoms with van der Waals surface area (Å²) in [5.41, 5.74) is 1.03. The van der Waals surface area contributed by atoms with E-state index in [0.717, 1.165) is 31.5 Å². The maximum absolute atomic E-state index is 12.8. The van der Waals surface area contributed by atoms with Gasteiger partial charge >= 0.3 is 0 Å². The minimum Gasteiger partial charge on any atom is -0.352 e. The van der Waals surface area contributed by atoms with Crippen molar-refractivity contribution in [3.63, 3.8) is 0 Å². The zero-order valence-corrected chi connectivity index (χ0v) is 14.8. The predicted octanol–water partition coefficient (Wildman–Crippen LogP) is 1.89. The SMILES string of the molecule is CN1C(=O)CCC(C(=O)NC2CCCNC2)C1c1ccccc1.Cl. The largest absolute Gasteiger partial charge is 0.352 e. The molecule has 0 spiro atoms. The fraction of sp³-hybridized carbons (Fsp3) is 0.556. The van der Waals surface area contributed by atoms with E-state index in [-0.39, 0.29) is 42.2 Å². The smallest absolute Gasteiger partial charge is 0.225 e. The fourth-order valence-corrected chi connectivity index (χ4v) is 3.70. The van der Waals surface area contributed by atoms with Crippen LogP contribution in [0.1, 0.15) is 37.3 Å². The monoisotopic (exact) mass is 351 g/mol. The van der Waals surface area contributed by atoms with E-state index in [2.05, 4.69) is 10.6 Å². The van der Waals surface area contributed by atoms with E-state index < -0.39 is 0 Å². The molecule has 3 rings (SSSR count). The summed E-state index contributed by atoms with van der Waals surface area (Å²) in [6.45, 7) is 1.86. The first-order valence-electron chi connectivity index (χ1n) is 8.48. The number of halogens is 1. The molecule has 1 aromatic carbocycles. The van der Waals surface area contributed by atoms with Crippen LogP contribution in [0.15, 0.2) is 30.3 Å². The molecule has 0 radical (unpaired) electrons. The predicted molar refractivity (Wildman–Crippen MR) is 96.0 cm³/mol. The highest BCUT2D eigenvalue weighted by Gasteiger charge is 2.39. The van der Waals surface area contributed by atoms with Gasteiger partial charge in [-0.25, -0.2) is 0 Å². The number of nitrogens with one attached hydrogen (secondary N) is 2. The summed E-state index contributed by atoms with van der Waals surface area (Å²) >= 11 is 0. The van der Waals surface area contributed by atoms with Gasteiger partial charge in [0.2, 0.25) is 11.8 Å². The molecule has 3 atom stereocenters. The van der Waals surface area contributed by atoms with Gasteiger partial charge in [-0.3, -0.25) is 9.59 Å². The third kappa shape index (κ3) is 4.08. The van der Waals surface area contributed by atoms with Crippen LogP contribution < -0.4 is 10.6 Å². The summed E-state index contributed by atoms with van der Waals surface area (Å²) in [5, 5.41) is 6.51. The van der Waals surface area contributed by atoms with Crippen LogP contribution in [0.3, 0.4) is 0 Å². The molecule has 2 N–H and O–H groups in total. The number of rotatable bonds is 3. The molecule has 5 nitrogen and oxygen atoms in total. The van der Waals surface area contributed by atoms with Gasteiger partial charge in [-0.1, -0.05) is 30.3 Å². The first-order chi connectivity index (χ1) is 11.2. The standard InChI is InChI=1S/C18H25N3O2.ClH/c1-21-16(22)10-9-15(17(21)13-6-3-2-4-7-13)18(23)20-14-8-5-11-19-12-14;/h2-4,6-7,14-15,17,19H,5,8-12H2,1H3,(H,20,23);1H. The molecule has 0 bridgehead atoms. The maximum Gasteiger partial charge on any atom is 0.225 e. The molecule has 0 aliphatic carbocycles. The summed E-state index contributed by atoms with van der Waals surface area (Å²) in [4.78, 5) is 26.7. The van der Waals surface area contributed by atoms with Crippen molar-refractivity contribution in [1.29, 1.82) is 0 Å². The van der Waals surface area contributed by atoms with Gasteiger partial charge in [0.1, 0.15) is 0 Å². The lowest BCUT2D eigenvalue weighted by Gasteiger charge is -2.39. The van der Waals surface area contributed by atoms with Crippen molar-refractivity contribution in [2.45, 2.75) is 37.8 Å². The molecule has 1 aromatic rings. The van der Waals surface area contributed by atoms with Gasteiger partial charge in [-0.2, -0.15) is 0 Å². The highest BCUT2D eigenvalue weighted by atomic mass is 35.5. The summed E-state index contributed by atoms with van der Waals surface area (Å²) < 4.78 is 0. The number of carbonyl (C=O) groups excluding carboxylic acids is 2. The first kappa shape index (κ1) is 18.7. The Morgan fingerprint density at radius 3 is 2.67 bits per heavy atom. The molecule has 0 saturated carbocycles. The lowest BCUT2D eigenvalue weighted by molar-refractivity contribution is -0.141. The van der Waals surface area contributed by atoms with Gasteiger partial charge in [0, 0.05) is 26.1 Å². The molecular weight excluding hydrogens is 326 g/mol. The summed E-state index contributed by atoms with van der Waals surface area (Å²) in [5.74, 6) is 0.0103. The molecule has 2 aliphatic heterocycles. The molecule has 0 aromatic heterocycles. The number of hydrogen-bond acceptors (Lipinski definition) is 3. The van der Waals surface area contributed by atoms with Crippen molar-refractivity contribution in [1.82, 2.24) is 15.5 Å². The normalized spacial score (nSPS) is 27.3. The molecule has 2 amide bonds. The molecule has 132 valence electrons. The van der Waals surface area contributed by atoms with Crippen molar-refractivity contribution < 1.29 is 9.59 Å². The van der Waals surface area contributed by atoms with Crippen molar-refractivity contribution in [2.75, 3.05) is 20.1 Å². The summed E-state index contributed by atoms with van der Waals surface area (Å²) in [6.07, 6.45) is 3.18. The van der Waals surface area contributed by atoms with Crippen LogP contribution in [0.2, 0.25) is 0 Å². The number of benzene rings is 1. The van der Waals surface area contributed by atoms with Crippen molar-refractivity contribution in [3.05, 3.63) is 35.9 Å². The third-order valence-corrected chi connectivity index (χ3v) is 4.98. The van der Waals surface area contributed by atoms with Gasteiger partial charge in [-0.15, -0.1) is 12.4 Å². The maximum atomic E-state index is 12.8. The van der Waals surface area contributed by atoms with E-state index in [1.807, 2.05) is 37.4 Å². The Balaban J connectivity index is 0.00000208.